The largest absolute Gasteiger partial charge is 0.462 e. The first kappa shape index (κ1) is 42.0. The molecule has 0 aromatic heterocycles. The van der Waals surface area contributed by atoms with Crippen LogP contribution in [0.25, 0.3) is 43.1 Å². The first-order chi connectivity index (χ1) is 31.8. The summed E-state index contributed by atoms with van der Waals surface area (Å²) in [6, 6.07) is 25.4. The molecule has 0 saturated carbocycles. The van der Waals surface area contributed by atoms with Crippen LogP contribution in [0.15, 0.2) is 97.1 Å². The fourth-order valence-electron chi connectivity index (χ4n) is 9.68. The predicted octanol–water partition coefficient (Wildman–Crippen LogP) is 1.70. The Bertz CT molecular complexity index is 2830. The number of anilines is 2. The summed E-state index contributed by atoms with van der Waals surface area (Å²) in [6.45, 7) is -1.27. The van der Waals surface area contributed by atoms with Crippen molar-refractivity contribution < 1.29 is 79.0 Å². The van der Waals surface area contributed by atoms with Gasteiger partial charge in [0.15, 0.2) is 0 Å². The summed E-state index contributed by atoms with van der Waals surface area (Å²) in [5.74, 6) is -2.05. The Morgan fingerprint density at radius 3 is 0.985 bits per heavy atom. The Labute approximate surface area is 371 Å². The topological polar surface area (TPSA) is 274 Å². The maximum Gasteiger partial charge on any atom is 0.265 e. The molecule has 0 radical (unpaired) electrons. The number of hydrogen-bond donors (Lipinski definition) is 8. The standard InChI is InChI=1S/C48H38N2O16/c51-17-31-37(53)39(55)41(57)47(65-31)63-21-5-1-19(2-6-21)49-43(59)27-13-9-23-25-11-15-29-36-30(16-12-26(34(25)36)24-10-14-28(44(49)60)35(27)33(23)24)46(62)50(45(29)61)20-3-7-22(8-4-20)64-48-42(58)40(56)38(54)32(18-52)66-48/h1-16,31-32,37-42,47-48,51-58H,17-18H2/t31-,32-,37-,38-,39+,40+,41-,42-,47-,48-/m1/s1. The van der Waals surface area contributed by atoms with Crippen LogP contribution in [-0.2, 0) is 9.47 Å². The third-order valence-electron chi connectivity index (χ3n) is 13.0. The zero-order chi connectivity index (χ0) is 46.0. The normalized spacial score (nSPS) is 27.8. The number of nitrogens with zero attached hydrogens (tertiary/aromatic N) is 2. The number of benzene rings is 7. The smallest absolute Gasteiger partial charge is 0.265 e. The number of ether oxygens (including phenoxy) is 4. The van der Waals surface area contributed by atoms with Gasteiger partial charge in [-0.3, -0.25) is 19.2 Å². The van der Waals surface area contributed by atoms with Gasteiger partial charge < -0.3 is 59.8 Å². The van der Waals surface area contributed by atoms with E-state index in [0.29, 0.717) is 43.1 Å². The van der Waals surface area contributed by atoms with Crippen molar-refractivity contribution in [3.05, 3.63) is 119 Å². The van der Waals surface area contributed by atoms with Crippen LogP contribution in [-0.4, -0.2) is 139 Å². The Morgan fingerprint density at radius 1 is 0.394 bits per heavy atom. The van der Waals surface area contributed by atoms with Crippen molar-refractivity contribution in [3.8, 4) is 11.5 Å². The lowest BCUT2D eigenvalue weighted by Gasteiger charge is -2.39. The second-order valence-electron chi connectivity index (χ2n) is 16.7. The van der Waals surface area contributed by atoms with Crippen LogP contribution in [0.2, 0.25) is 0 Å². The lowest BCUT2D eigenvalue weighted by Crippen LogP contribution is -2.60. The number of rotatable bonds is 8. The van der Waals surface area contributed by atoms with E-state index in [-0.39, 0.29) is 45.1 Å². The molecule has 2 fully saturated rings. The van der Waals surface area contributed by atoms with Gasteiger partial charge in [-0.1, -0.05) is 24.3 Å². The average Bonchev–Trinajstić information content (AvgIpc) is 3.33. The summed E-state index contributed by atoms with van der Waals surface area (Å²) in [5.41, 5.74) is 1.52. The minimum Gasteiger partial charge on any atom is -0.462 e. The minimum absolute atomic E-state index is 0.144. The Balaban J connectivity index is 0.903. The van der Waals surface area contributed by atoms with Crippen LogP contribution in [0.3, 0.4) is 0 Å². The van der Waals surface area contributed by atoms with Crippen molar-refractivity contribution in [1.29, 1.82) is 0 Å². The van der Waals surface area contributed by atoms with Crippen LogP contribution in [0, 0.1) is 0 Å². The van der Waals surface area contributed by atoms with Crippen molar-refractivity contribution in [2.24, 2.45) is 0 Å². The van der Waals surface area contributed by atoms with E-state index in [1.54, 1.807) is 48.5 Å². The predicted molar refractivity (Wildman–Crippen MR) is 232 cm³/mol. The second-order valence-corrected chi connectivity index (χ2v) is 16.7. The lowest BCUT2D eigenvalue weighted by atomic mass is 9.82. The van der Waals surface area contributed by atoms with Gasteiger partial charge in [-0.2, -0.15) is 0 Å². The summed E-state index contributed by atoms with van der Waals surface area (Å²) in [5, 5.41) is 85.4. The number of fused-ring (bicyclic) bond motifs is 2. The highest BCUT2D eigenvalue weighted by Crippen LogP contribution is 2.47. The van der Waals surface area contributed by atoms with E-state index in [1.165, 1.54) is 48.5 Å². The second kappa shape index (κ2) is 15.5. The first-order valence-electron chi connectivity index (χ1n) is 20.9. The number of carbonyl (C=O) groups excluding carboxylic acids is 4. The van der Waals surface area contributed by atoms with E-state index < -0.39 is 98.3 Å². The molecule has 8 N–H and O–H groups in total. The highest BCUT2D eigenvalue weighted by Gasteiger charge is 2.46. The van der Waals surface area contributed by atoms with E-state index in [0.717, 1.165) is 9.80 Å². The monoisotopic (exact) mass is 898 g/mol. The minimum atomic E-state index is -1.64. The molecule has 2 saturated heterocycles. The van der Waals surface area contributed by atoms with Gasteiger partial charge in [0.1, 0.15) is 60.3 Å². The van der Waals surface area contributed by atoms with Gasteiger partial charge in [0.2, 0.25) is 12.6 Å². The number of carbonyl (C=O) groups is 4. The van der Waals surface area contributed by atoms with Gasteiger partial charge >= 0.3 is 0 Å². The fourth-order valence-corrected chi connectivity index (χ4v) is 9.68. The van der Waals surface area contributed by atoms with Crippen molar-refractivity contribution in [3.63, 3.8) is 0 Å². The summed E-state index contributed by atoms with van der Waals surface area (Å²) in [7, 11) is 0. The molecule has 18 heteroatoms. The molecule has 0 unspecified atom stereocenters. The number of aliphatic hydroxyl groups excluding tert-OH is 8. The maximum atomic E-state index is 14.3. The maximum absolute atomic E-state index is 14.3. The van der Waals surface area contributed by atoms with Gasteiger partial charge in [-0.05, 0) is 105 Å². The van der Waals surface area contributed by atoms with E-state index in [4.69, 9.17) is 18.9 Å². The molecule has 4 heterocycles. The molecule has 0 spiro atoms. The Hall–Kier alpha value is -6.68. The molecule has 7 aromatic carbocycles. The zero-order valence-corrected chi connectivity index (χ0v) is 34.2. The lowest BCUT2D eigenvalue weighted by molar-refractivity contribution is -0.277. The molecule has 336 valence electrons. The molecule has 4 amide bonds. The summed E-state index contributed by atoms with van der Waals surface area (Å²) >= 11 is 0. The van der Waals surface area contributed by atoms with E-state index in [1.807, 2.05) is 0 Å². The Kier molecular flexibility index (Phi) is 9.84. The van der Waals surface area contributed by atoms with Crippen LogP contribution in [0.5, 0.6) is 11.5 Å². The van der Waals surface area contributed by atoms with Crippen molar-refractivity contribution in [2.75, 3.05) is 23.0 Å². The highest BCUT2D eigenvalue weighted by atomic mass is 16.7. The molecule has 0 bridgehead atoms. The molecule has 7 aromatic rings. The van der Waals surface area contributed by atoms with Crippen molar-refractivity contribution in [1.82, 2.24) is 0 Å². The average molecular weight is 899 g/mol. The molecule has 11 rings (SSSR count). The molecular formula is C48H38N2O16. The third-order valence-corrected chi connectivity index (χ3v) is 13.0. The quantitative estimate of drug-likeness (QED) is 0.0613. The molecule has 18 nitrogen and oxygen atoms in total. The SMILES string of the molecule is O=C1c2ccc3c4ccc5c6c(ccc(c7ccc(c2c37)C(=O)N1c1ccc(O[C@@H]2O[C@H](CO)[C@@H](O)[C@H](O)[C@H]2O)cc1)c64)C(=O)N(c1ccc(O[C@@H]2O[C@H](CO)[C@@H](O)[C@H](O)[C@H]2O)cc1)C5=O. The fraction of sp³-hybridized carbons (Fsp3) is 0.250. The molecular weight excluding hydrogens is 861 g/mol. The van der Waals surface area contributed by atoms with Gasteiger partial charge in [0.25, 0.3) is 23.6 Å². The van der Waals surface area contributed by atoms with Crippen LogP contribution in [0.4, 0.5) is 11.4 Å². The number of amides is 4. The highest BCUT2D eigenvalue weighted by molar-refractivity contribution is 6.45. The van der Waals surface area contributed by atoms with E-state index >= 15 is 0 Å². The van der Waals surface area contributed by atoms with E-state index in [9.17, 15) is 60.0 Å². The number of hydrogen-bond acceptors (Lipinski definition) is 16. The van der Waals surface area contributed by atoms with E-state index in [2.05, 4.69) is 0 Å². The number of aliphatic hydroxyl groups is 8. The van der Waals surface area contributed by atoms with Gasteiger partial charge in [0.05, 0.1) is 24.6 Å². The van der Waals surface area contributed by atoms with Crippen molar-refractivity contribution in [2.45, 2.75) is 61.4 Å². The van der Waals surface area contributed by atoms with Crippen LogP contribution in [0.1, 0.15) is 41.4 Å². The molecule has 4 aliphatic rings. The molecule has 4 aliphatic heterocycles. The summed E-state index contributed by atoms with van der Waals surface area (Å²) < 4.78 is 22.3. The third kappa shape index (κ3) is 6.05. The Morgan fingerprint density at radius 2 is 0.697 bits per heavy atom. The molecule has 0 aliphatic carbocycles. The van der Waals surface area contributed by atoms with Gasteiger partial charge in [0, 0.05) is 33.0 Å². The van der Waals surface area contributed by atoms with Crippen LogP contribution < -0.4 is 19.3 Å². The summed E-state index contributed by atoms with van der Waals surface area (Å²) in [4.78, 5) is 59.3. The van der Waals surface area contributed by atoms with Crippen molar-refractivity contribution >= 4 is 78.1 Å². The molecule has 66 heavy (non-hydrogen) atoms. The molecule has 10 atom stereocenters. The van der Waals surface area contributed by atoms with Gasteiger partial charge in [-0.15, -0.1) is 0 Å². The number of imide groups is 2. The van der Waals surface area contributed by atoms with Crippen LogP contribution >= 0.6 is 0 Å². The first-order valence-corrected chi connectivity index (χ1v) is 20.9. The zero-order valence-electron chi connectivity index (χ0n) is 34.2. The summed E-state index contributed by atoms with van der Waals surface area (Å²) in [6.07, 6.45) is -14.9. The van der Waals surface area contributed by atoms with Gasteiger partial charge in [-0.25, -0.2) is 9.80 Å².